The molecule has 1 aliphatic heterocycles. The number of rotatable bonds is 3. The van der Waals surface area contributed by atoms with Crippen LogP contribution in [0.4, 0.5) is 4.39 Å². The van der Waals surface area contributed by atoms with Gasteiger partial charge >= 0.3 is 5.97 Å². The molecule has 1 atom stereocenters. The molecule has 1 N–H and O–H groups in total. The molecule has 20 heavy (non-hydrogen) atoms. The van der Waals surface area contributed by atoms with E-state index in [1.165, 1.54) is 45.9 Å². The highest BCUT2D eigenvalue weighted by Gasteiger charge is 2.27. The van der Waals surface area contributed by atoms with Crippen LogP contribution in [0.15, 0.2) is 30.3 Å². The average molecular weight is 292 g/mol. The number of carbonyl (C=O) groups is 1. The Balaban J connectivity index is 1.67. The number of quaternary nitrogens is 1. The number of methoxy groups -OCH3 is 1. The summed E-state index contributed by atoms with van der Waals surface area (Å²) in [7, 11) is 1.40. The maximum Gasteiger partial charge on any atom is 0.348 e. The molecule has 5 heteroatoms. The number of hydrogen-bond acceptors (Lipinski definition) is 3. The van der Waals surface area contributed by atoms with Crippen LogP contribution in [0, 0.1) is 5.82 Å². The van der Waals surface area contributed by atoms with Crippen LogP contribution in [0.5, 0.6) is 0 Å². The molecule has 0 radical (unpaired) electrons. The number of halogens is 1. The van der Waals surface area contributed by atoms with Gasteiger partial charge in [-0.2, -0.15) is 0 Å². The van der Waals surface area contributed by atoms with Gasteiger partial charge in [-0.15, -0.1) is 11.3 Å². The summed E-state index contributed by atoms with van der Waals surface area (Å²) in [6.07, 6.45) is 0. The molecule has 2 heterocycles. The van der Waals surface area contributed by atoms with E-state index in [4.69, 9.17) is 4.74 Å². The number of esters is 1. The van der Waals surface area contributed by atoms with Crippen LogP contribution in [0.1, 0.15) is 25.7 Å². The van der Waals surface area contributed by atoms with E-state index < -0.39 is 0 Å². The van der Waals surface area contributed by atoms with Gasteiger partial charge in [-0.1, -0.05) is 12.1 Å². The lowest BCUT2D eigenvalue weighted by Crippen LogP contribution is -3.06. The minimum atomic E-state index is -0.260. The minimum Gasteiger partial charge on any atom is -0.465 e. The summed E-state index contributed by atoms with van der Waals surface area (Å²) in [5.41, 5.74) is 2.36. The number of benzene rings is 1. The second-order valence-electron chi connectivity index (χ2n) is 4.96. The van der Waals surface area contributed by atoms with Crippen LogP contribution in [0.2, 0.25) is 0 Å². The molecule has 1 aromatic heterocycles. The topological polar surface area (TPSA) is 30.7 Å². The molecule has 1 aromatic carbocycles. The second-order valence-corrected chi connectivity index (χ2v) is 6.09. The molecular formula is C15H15FNO2S+. The second kappa shape index (κ2) is 5.34. The third-order valence-corrected chi connectivity index (χ3v) is 4.66. The fraction of sp³-hybridized carbons (Fsp3) is 0.267. The quantitative estimate of drug-likeness (QED) is 0.874. The standard InChI is InChI=1S/C15H14FNO2S/c1-19-15(18)13-6-11-8-17(9-14(11)20-13)7-10-2-4-12(16)5-3-10/h2-6H,7-9H2,1H3/p+1. The van der Waals surface area contributed by atoms with E-state index in [2.05, 4.69) is 0 Å². The summed E-state index contributed by atoms with van der Waals surface area (Å²) in [5.74, 6) is -0.462. The van der Waals surface area contributed by atoms with Crippen LogP contribution in [0.25, 0.3) is 0 Å². The normalized spacial score (nSPS) is 17.0. The Kier molecular flexibility index (Phi) is 3.54. The van der Waals surface area contributed by atoms with Crippen molar-refractivity contribution in [3.8, 4) is 0 Å². The highest BCUT2D eigenvalue weighted by Crippen LogP contribution is 2.25. The molecule has 0 bridgehead atoms. The van der Waals surface area contributed by atoms with Gasteiger partial charge in [0.25, 0.3) is 0 Å². The fourth-order valence-corrected chi connectivity index (χ4v) is 3.71. The van der Waals surface area contributed by atoms with Gasteiger partial charge in [-0.05, 0) is 18.2 Å². The molecule has 1 unspecified atom stereocenters. The lowest BCUT2D eigenvalue weighted by atomic mass is 10.2. The number of fused-ring (bicyclic) bond motifs is 1. The van der Waals surface area contributed by atoms with Gasteiger partial charge in [0.05, 0.1) is 12.0 Å². The third kappa shape index (κ3) is 2.59. The van der Waals surface area contributed by atoms with Crippen molar-refractivity contribution in [2.45, 2.75) is 19.6 Å². The first-order valence-electron chi connectivity index (χ1n) is 6.43. The van der Waals surface area contributed by atoms with Gasteiger partial charge in [0.15, 0.2) is 0 Å². The Morgan fingerprint density at radius 3 is 2.75 bits per heavy atom. The van der Waals surface area contributed by atoms with Gasteiger partial charge in [0.2, 0.25) is 0 Å². The predicted molar refractivity (Wildman–Crippen MR) is 74.1 cm³/mol. The first kappa shape index (κ1) is 13.3. The van der Waals surface area contributed by atoms with Crippen LogP contribution < -0.4 is 4.90 Å². The largest absolute Gasteiger partial charge is 0.465 e. The van der Waals surface area contributed by atoms with Gasteiger partial charge < -0.3 is 9.64 Å². The number of ether oxygens (including phenoxy) is 1. The first-order chi connectivity index (χ1) is 9.65. The predicted octanol–water partition coefficient (Wildman–Crippen LogP) is 1.77. The molecule has 2 aromatic rings. The van der Waals surface area contributed by atoms with Crippen molar-refractivity contribution in [3.63, 3.8) is 0 Å². The monoisotopic (exact) mass is 292 g/mol. The molecule has 104 valence electrons. The van der Waals surface area contributed by atoms with Gasteiger partial charge in [0, 0.05) is 11.1 Å². The number of thiophene rings is 1. The Hall–Kier alpha value is -1.72. The summed E-state index contributed by atoms with van der Waals surface area (Å²) in [5, 5.41) is 0. The molecule has 1 aliphatic rings. The van der Waals surface area contributed by atoms with Crippen LogP contribution in [0.3, 0.4) is 0 Å². The zero-order valence-electron chi connectivity index (χ0n) is 11.1. The van der Waals surface area contributed by atoms with Gasteiger partial charge in [-0.3, -0.25) is 0 Å². The van der Waals surface area contributed by atoms with E-state index in [1.807, 2.05) is 18.2 Å². The zero-order valence-corrected chi connectivity index (χ0v) is 11.9. The summed E-state index contributed by atoms with van der Waals surface area (Å²) < 4.78 is 17.6. The molecule has 0 saturated carbocycles. The molecule has 0 aliphatic carbocycles. The van der Waals surface area contributed by atoms with Crippen molar-refractivity contribution in [1.82, 2.24) is 0 Å². The van der Waals surface area contributed by atoms with Crippen molar-refractivity contribution in [3.05, 3.63) is 57.0 Å². The highest BCUT2D eigenvalue weighted by atomic mass is 32.1. The third-order valence-electron chi connectivity index (χ3n) is 3.50. The maximum atomic E-state index is 12.9. The van der Waals surface area contributed by atoms with E-state index in [9.17, 15) is 9.18 Å². The van der Waals surface area contributed by atoms with Crippen molar-refractivity contribution >= 4 is 17.3 Å². The molecule has 3 rings (SSSR count). The van der Waals surface area contributed by atoms with Crippen LogP contribution >= 0.6 is 11.3 Å². The van der Waals surface area contributed by atoms with E-state index >= 15 is 0 Å². The summed E-state index contributed by atoms with van der Waals surface area (Å²) in [6.45, 7) is 2.68. The molecule has 0 amide bonds. The van der Waals surface area contributed by atoms with Crippen LogP contribution in [-0.4, -0.2) is 13.1 Å². The minimum absolute atomic E-state index is 0.202. The Labute approximate surface area is 120 Å². The number of nitrogens with one attached hydrogen (secondary N) is 1. The van der Waals surface area contributed by atoms with Gasteiger partial charge in [-0.25, -0.2) is 9.18 Å². The molecular weight excluding hydrogens is 277 g/mol. The first-order valence-corrected chi connectivity index (χ1v) is 7.25. The SMILES string of the molecule is COC(=O)c1cc2c(s1)C[NH+](Cc1ccc(F)cc1)C2. The summed E-state index contributed by atoms with van der Waals surface area (Å²) >= 11 is 1.52. The lowest BCUT2D eigenvalue weighted by Gasteiger charge is -2.12. The van der Waals surface area contributed by atoms with Gasteiger partial charge in [0.1, 0.15) is 30.3 Å². The van der Waals surface area contributed by atoms with Crippen LogP contribution in [-0.2, 0) is 24.4 Å². The van der Waals surface area contributed by atoms with Crippen molar-refractivity contribution in [2.24, 2.45) is 0 Å². The zero-order chi connectivity index (χ0) is 14.1. The molecule has 0 fully saturated rings. The van der Waals surface area contributed by atoms with E-state index in [0.717, 1.165) is 25.2 Å². The summed E-state index contributed by atoms with van der Waals surface area (Å²) in [4.78, 5) is 14.8. The van der Waals surface area contributed by atoms with Crippen molar-refractivity contribution in [1.29, 1.82) is 0 Å². The number of hydrogen-bond donors (Lipinski definition) is 1. The van der Waals surface area contributed by atoms with E-state index in [-0.39, 0.29) is 11.8 Å². The molecule has 0 spiro atoms. The molecule has 0 saturated heterocycles. The Morgan fingerprint density at radius 2 is 2.10 bits per heavy atom. The van der Waals surface area contributed by atoms with E-state index in [0.29, 0.717) is 4.88 Å². The number of carbonyl (C=O) groups excluding carboxylic acids is 1. The fourth-order valence-electron chi connectivity index (χ4n) is 2.54. The highest BCUT2D eigenvalue weighted by molar-refractivity contribution is 7.14. The Morgan fingerprint density at radius 1 is 1.35 bits per heavy atom. The average Bonchev–Trinajstić information content (AvgIpc) is 2.98. The maximum absolute atomic E-state index is 12.9. The smallest absolute Gasteiger partial charge is 0.348 e. The van der Waals surface area contributed by atoms with Crippen molar-refractivity contribution < 1.29 is 18.8 Å². The van der Waals surface area contributed by atoms with Crippen molar-refractivity contribution in [2.75, 3.05) is 7.11 Å². The summed E-state index contributed by atoms with van der Waals surface area (Å²) in [6, 6.07) is 8.58. The Bertz CT molecular complexity index is 612. The lowest BCUT2D eigenvalue weighted by molar-refractivity contribution is -0.934. The molecule has 3 nitrogen and oxygen atoms in total. The van der Waals surface area contributed by atoms with E-state index in [1.54, 1.807) is 0 Å².